The van der Waals surface area contributed by atoms with E-state index in [-0.39, 0.29) is 0 Å². The number of allylic oxidation sites excluding steroid dienone is 1. The lowest BCUT2D eigenvalue weighted by molar-refractivity contribution is 0.300. The highest BCUT2D eigenvalue weighted by atomic mass is 16.5. The summed E-state index contributed by atoms with van der Waals surface area (Å²) in [5.74, 6) is 0. The molecule has 0 unspecified atom stereocenters. The van der Waals surface area contributed by atoms with Crippen LogP contribution in [0.15, 0.2) is 21.8 Å². The summed E-state index contributed by atoms with van der Waals surface area (Å²) in [7, 11) is 0. The normalized spacial score (nSPS) is 10.8. The van der Waals surface area contributed by atoms with E-state index >= 15 is 0 Å². The van der Waals surface area contributed by atoms with Crippen LogP contribution in [0.2, 0.25) is 0 Å². The minimum absolute atomic E-state index is 0.345. The summed E-state index contributed by atoms with van der Waals surface area (Å²) in [6.07, 6.45) is 2.66. The molecule has 0 rings (SSSR count). The third kappa shape index (κ3) is 5.65. The molecule has 0 bridgehead atoms. The van der Waals surface area contributed by atoms with Crippen molar-refractivity contribution >= 4 is 12.7 Å². The first-order chi connectivity index (χ1) is 5.70. The molecule has 0 aromatic rings. The van der Waals surface area contributed by atoms with E-state index in [1.165, 1.54) is 0 Å². The molecule has 0 aliphatic carbocycles. The monoisotopic (exact) mass is 168 g/mol. The number of aliphatic imine (C=N–C) groups is 2. The molecule has 0 saturated heterocycles. The zero-order chi connectivity index (χ0) is 9.40. The van der Waals surface area contributed by atoms with Gasteiger partial charge in [-0.2, -0.15) is 0 Å². The Bertz CT molecular complexity index is 191. The van der Waals surface area contributed by atoms with Gasteiger partial charge >= 0.3 is 6.02 Å². The summed E-state index contributed by atoms with van der Waals surface area (Å²) in [4.78, 5) is 7.61. The predicted octanol–water partition coefficient (Wildman–Crippen LogP) is 2.39. The van der Waals surface area contributed by atoms with Crippen molar-refractivity contribution in [2.24, 2.45) is 9.98 Å². The SMILES string of the molecule is C=N/C(=N\C=C(C)C)OCCC. The lowest BCUT2D eigenvalue weighted by Gasteiger charge is -2.00. The molecule has 3 heteroatoms. The van der Waals surface area contributed by atoms with Crippen molar-refractivity contribution in [3.63, 3.8) is 0 Å². The first kappa shape index (κ1) is 10.9. The molecular weight excluding hydrogens is 152 g/mol. The maximum Gasteiger partial charge on any atom is 0.315 e. The second-order valence-corrected chi connectivity index (χ2v) is 2.62. The fourth-order valence-corrected chi connectivity index (χ4v) is 0.501. The lowest BCUT2D eigenvalue weighted by Crippen LogP contribution is -2.01. The summed E-state index contributed by atoms with van der Waals surface area (Å²) in [6, 6.07) is 0.345. The molecule has 0 saturated carbocycles. The molecule has 0 spiro atoms. The molecule has 0 fully saturated rings. The van der Waals surface area contributed by atoms with Gasteiger partial charge in [-0.3, -0.25) is 0 Å². The van der Waals surface area contributed by atoms with Crippen molar-refractivity contribution in [3.8, 4) is 0 Å². The van der Waals surface area contributed by atoms with Crippen LogP contribution in [-0.4, -0.2) is 19.3 Å². The highest BCUT2D eigenvalue weighted by Gasteiger charge is 1.91. The first-order valence-corrected chi connectivity index (χ1v) is 4.01. The van der Waals surface area contributed by atoms with Gasteiger partial charge in [-0.05, 0) is 27.0 Å². The molecule has 0 aliphatic rings. The summed E-state index contributed by atoms with van der Waals surface area (Å²) in [6.45, 7) is 9.94. The average Bonchev–Trinajstić information content (AvgIpc) is 2.05. The van der Waals surface area contributed by atoms with Gasteiger partial charge in [0.15, 0.2) is 0 Å². The minimum atomic E-state index is 0.345. The molecule has 0 aliphatic heterocycles. The zero-order valence-electron chi connectivity index (χ0n) is 8.00. The van der Waals surface area contributed by atoms with E-state index in [9.17, 15) is 0 Å². The Morgan fingerprint density at radius 1 is 1.50 bits per heavy atom. The van der Waals surface area contributed by atoms with Crippen LogP contribution in [0.5, 0.6) is 0 Å². The average molecular weight is 168 g/mol. The predicted molar refractivity (Wildman–Crippen MR) is 52.7 cm³/mol. The van der Waals surface area contributed by atoms with E-state index in [0.717, 1.165) is 12.0 Å². The molecule has 68 valence electrons. The van der Waals surface area contributed by atoms with E-state index in [2.05, 4.69) is 16.7 Å². The summed E-state index contributed by atoms with van der Waals surface area (Å²) < 4.78 is 5.17. The van der Waals surface area contributed by atoms with Crippen molar-refractivity contribution in [2.45, 2.75) is 27.2 Å². The van der Waals surface area contributed by atoms with Gasteiger partial charge in [0.1, 0.15) is 0 Å². The van der Waals surface area contributed by atoms with E-state index in [4.69, 9.17) is 4.74 Å². The summed E-state index contributed by atoms with van der Waals surface area (Å²) in [5, 5.41) is 0. The topological polar surface area (TPSA) is 34.0 Å². The summed E-state index contributed by atoms with van der Waals surface area (Å²) in [5.41, 5.74) is 1.11. The van der Waals surface area contributed by atoms with E-state index in [0.29, 0.717) is 12.6 Å². The molecule has 3 nitrogen and oxygen atoms in total. The second-order valence-electron chi connectivity index (χ2n) is 2.62. The highest BCUT2D eigenvalue weighted by Crippen LogP contribution is 1.92. The molecule has 0 N–H and O–H groups in total. The number of nitrogens with zero attached hydrogens (tertiary/aromatic N) is 2. The second kappa shape index (κ2) is 6.58. The van der Waals surface area contributed by atoms with Crippen LogP contribution in [0.3, 0.4) is 0 Å². The molecule has 0 amide bonds. The Morgan fingerprint density at radius 2 is 2.17 bits per heavy atom. The van der Waals surface area contributed by atoms with Gasteiger partial charge in [0.25, 0.3) is 0 Å². The third-order valence-corrected chi connectivity index (χ3v) is 1.00. The largest absolute Gasteiger partial charge is 0.463 e. The molecular formula is C9H16N2O. The number of amidine groups is 1. The van der Waals surface area contributed by atoms with Crippen LogP contribution in [0.1, 0.15) is 27.2 Å². The minimum Gasteiger partial charge on any atom is -0.463 e. The number of ether oxygens (including phenoxy) is 1. The number of hydrogen-bond acceptors (Lipinski definition) is 2. The van der Waals surface area contributed by atoms with Gasteiger partial charge in [-0.1, -0.05) is 12.5 Å². The quantitative estimate of drug-likeness (QED) is 0.470. The van der Waals surface area contributed by atoms with Gasteiger partial charge < -0.3 is 4.74 Å². The molecule has 0 radical (unpaired) electrons. The number of rotatable bonds is 3. The fraction of sp³-hybridized carbons (Fsp3) is 0.556. The van der Waals surface area contributed by atoms with Crippen molar-refractivity contribution < 1.29 is 4.74 Å². The van der Waals surface area contributed by atoms with Crippen LogP contribution in [-0.2, 0) is 4.74 Å². The van der Waals surface area contributed by atoms with Crippen LogP contribution in [0.4, 0.5) is 0 Å². The Morgan fingerprint density at radius 3 is 2.58 bits per heavy atom. The molecule has 0 atom stereocenters. The van der Waals surface area contributed by atoms with Crippen molar-refractivity contribution in [2.75, 3.05) is 6.61 Å². The first-order valence-electron chi connectivity index (χ1n) is 4.01. The highest BCUT2D eigenvalue weighted by molar-refractivity contribution is 5.78. The van der Waals surface area contributed by atoms with E-state index in [1.807, 2.05) is 20.8 Å². The number of hydrogen-bond donors (Lipinski definition) is 0. The van der Waals surface area contributed by atoms with Crippen molar-refractivity contribution in [1.29, 1.82) is 0 Å². The van der Waals surface area contributed by atoms with E-state index < -0.39 is 0 Å². The lowest BCUT2D eigenvalue weighted by atomic mass is 10.4. The molecule has 0 heterocycles. The van der Waals surface area contributed by atoms with Crippen LogP contribution in [0, 0.1) is 0 Å². The smallest absolute Gasteiger partial charge is 0.315 e. The van der Waals surface area contributed by atoms with Crippen LogP contribution in [0.25, 0.3) is 0 Å². The maximum absolute atomic E-state index is 5.17. The maximum atomic E-state index is 5.17. The Balaban J connectivity index is 4.04. The molecule has 0 aromatic carbocycles. The molecule has 12 heavy (non-hydrogen) atoms. The van der Waals surface area contributed by atoms with Crippen molar-refractivity contribution in [1.82, 2.24) is 0 Å². The fourth-order valence-electron chi connectivity index (χ4n) is 0.501. The van der Waals surface area contributed by atoms with Crippen LogP contribution < -0.4 is 0 Å². The molecule has 0 aromatic heterocycles. The van der Waals surface area contributed by atoms with Gasteiger partial charge in [-0.25, -0.2) is 9.98 Å². The third-order valence-electron chi connectivity index (χ3n) is 1.00. The zero-order valence-corrected chi connectivity index (χ0v) is 8.00. The Labute approximate surface area is 73.9 Å². The standard InChI is InChI=1S/C9H16N2O/c1-5-6-12-9(10-4)11-7-8(2)3/h7H,4-6H2,1-3H3/b11-9+. The van der Waals surface area contributed by atoms with E-state index in [1.54, 1.807) is 6.20 Å². The summed E-state index contributed by atoms with van der Waals surface area (Å²) >= 11 is 0. The Hall–Kier alpha value is -1.12. The van der Waals surface area contributed by atoms with Gasteiger partial charge in [0.05, 0.1) is 6.61 Å². The van der Waals surface area contributed by atoms with Gasteiger partial charge in [-0.15, -0.1) is 0 Å². The van der Waals surface area contributed by atoms with Gasteiger partial charge in [0, 0.05) is 6.20 Å². The Kier molecular flexibility index (Phi) is 5.97. The van der Waals surface area contributed by atoms with Crippen molar-refractivity contribution in [3.05, 3.63) is 11.8 Å². The van der Waals surface area contributed by atoms with Crippen LogP contribution >= 0.6 is 0 Å². The van der Waals surface area contributed by atoms with Gasteiger partial charge in [0.2, 0.25) is 0 Å².